The first-order valence-electron chi connectivity index (χ1n) is 12.9. The average Bonchev–Trinajstić information content (AvgIpc) is 3.50. The van der Waals surface area contributed by atoms with Gasteiger partial charge in [0.05, 0.1) is 0 Å². The summed E-state index contributed by atoms with van der Waals surface area (Å²) in [6.07, 6.45) is 15.1. The van der Waals surface area contributed by atoms with E-state index in [0.29, 0.717) is 18.1 Å². The molecule has 2 nitrogen and oxygen atoms in total. The van der Waals surface area contributed by atoms with Crippen molar-refractivity contribution >= 4 is 5.78 Å². The van der Waals surface area contributed by atoms with Crippen LogP contribution in [0.2, 0.25) is 0 Å². The van der Waals surface area contributed by atoms with Gasteiger partial charge < -0.3 is 4.74 Å². The summed E-state index contributed by atoms with van der Waals surface area (Å²) in [5.41, 5.74) is 3.99. The van der Waals surface area contributed by atoms with E-state index in [-0.39, 0.29) is 11.3 Å². The van der Waals surface area contributed by atoms with Gasteiger partial charge in [-0.15, -0.1) is 0 Å². The zero-order chi connectivity index (χ0) is 24.0. The third-order valence-electron chi connectivity index (χ3n) is 7.74. The van der Waals surface area contributed by atoms with Crippen molar-refractivity contribution in [2.45, 2.75) is 71.1 Å². The molecule has 1 fully saturated rings. The molecule has 0 aliphatic heterocycles. The molecule has 0 heterocycles. The summed E-state index contributed by atoms with van der Waals surface area (Å²) in [6.45, 7) is 9.16. The standard InChI is InChI=1S/C32H38O2/c1-4-20-32(3,24(2)26-12-8-9-13-26)21-10-11-25-22-30(31(33)23-25)27-16-18-29(19-17-27)34-28-14-6-5-7-15-28/h5-9,12,14-19,25,30H,2,4,10-11,13,20-23H2,1,3H3. The molecule has 0 N–H and O–H groups in total. The van der Waals surface area contributed by atoms with Crippen molar-refractivity contribution in [3.8, 4) is 11.5 Å². The van der Waals surface area contributed by atoms with Crippen molar-refractivity contribution < 1.29 is 9.53 Å². The summed E-state index contributed by atoms with van der Waals surface area (Å²) in [5.74, 6) is 2.54. The molecule has 4 rings (SSSR count). The van der Waals surface area contributed by atoms with Gasteiger partial charge in [-0.3, -0.25) is 4.79 Å². The van der Waals surface area contributed by atoms with Crippen LogP contribution in [0.3, 0.4) is 0 Å². The number of ether oxygens (including phenoxy) is 1. The van der Waals surface area contributed by atoms with Crippen LogP contribution >= 0.6 is 0 Å². The quantitative estimate of drug-likeness (QED) is 0.339. The van der Waals surface area contributed by atoms with Crippen LogP contribution in [0.1, 0.15) is 76.7 Å². The molecule has 3 unspecified atom stereocenters. The van der Waals surface area contributed by atoms with E-state index in [1.807, 2.05) is 42.5 Å². The Morgan fingerprint density at radius 3 is 2.47 bits per heavy atom. The lowest BCUT2D eigenvalue weighted by Crippen LogP contribution is -2.20. The number of hydrogen-bond acceptors (Lipinski definition) is 2. The number of carbonyl (C=O) groups is 1. The normalized spacial score (nSPS) is 21.4. The molecule has 0 radical (unpaired) electrons. The summed E-state index contributed by atoms with van der Waals surface area (Å²) in [7, 11) is 0. The highest BCUT2D eigenvalue weighted by molar-refractivity contribution is 5.88. The number of para-hydroxylation sites is 1. The minimum Gasteiger partial charge on any atom is -0.457 e. The first-order chi connectivity index (χ1) is 16.5. The fraction of sp³-hybridized carbons (Fsp3) is 0.406. The Labute approximate surface area is 205 Å². The van der Waals surface area contributed by atoms with E-state index in [9.17, 15) is 4.79 Å². The van der Waals surface area contributed by atoms with Crippen LogP contribution < -0.4 is 4.74 Å². The van der Waals surface area contributed by atoms with Crippen LogP contribution in [0.15, 0.2) is 90.6 Å². The number of hydrogen-bond donors (Lipinski definition) is 0. The predicted octanol–water partition coefficient (Wildman–Crippen LogP) is 8.96. The number of Topliss-reactive ketones (excluding diaryl/α,β-unsaturated/α-hetero) is 1. The number of rotatable bonds is 11. The van der Waals surface area contributed by atoms with Crippen LogP contribution in [-0.4, -0.2) is 5.78 Å². The molecule has 0 saturated heterocycles. The SMILES string of the molecule is C=C(C1=CC=CC1)C(C)(CCC)CCCC1CC(=O)C(c2ccc(Oc3ccccc3)cc2)C1. The van der Waals surface area contributed by atoms with E-state index < -0.39 is 0 Å². The molecule has 0 spiro atoms. The third-order valence-corrected chi connectivity index (χ3v) is 7.74. The number of allylic oxidation sites excluding steroid dienone is 5. The lowest BCUT2D eigenvalue weighted by Gasteiger charge is -2.33. The predicted molar refractivity (Wildman–Crippen MR) is 141 cm³/mol. The smallest absolute Gasteiger partial charge is 0.140 e. The molecular formula is C32H38O2. The topological polar surface area (TPSA) is 26.3 Å². The summed E-state index contributed by atoms with van der Waals surface area (Å²) in [5, 5.41) is 0. The second-order valence-corrected chi connectivity index (χ2v) is 10.3. The largest absolute Gasteiger partial charge is 0.457 e. The number of carbonyl (C=O) groups excluding carboxylic acids is 1. The van der Waals surface area contributed by atoms with E-state index in [4.69, 9.17) is 4.74 Å². The van der Waals surface area contributed by atoms with Crippen LogP contribution in [0.4, 0.5) is 0 Å². The highest BCUT2D eigenvalue weighted by atomic mass is 16.5. The minimum atomic E-state index is 0.0301. The Balaban J connectivity index is 1.30. The van der Waals surface area contributed by atoms with Crippen molar-refractivity contribution in [3.63, 3.8) is 0 Å². The average molecular weight is 455 g/mol. The molecule has 34 heavy (non-hydrogen) atoms. The Kier molecular flexibility index (Phi) is 7.88. The molecule has 2 aromatic carbocycles. The van der Waals surface area contributed by atoms with E-state index in [1.54, 1.807) is 0 Å². The maximum atomic E-state index is 12.8. The van der Waals surface area contributed by atoms with Crippen molar-refractivity contribution in [1.29, 1.82) is 0 Å². The summed E-state index contributed by atoms with van der Waals surface area (Å²) in [6, 6.07) is 17.9. The van der Waals surface area contributed by atoms with Crippen molar-refractivity contribution in [2.24, 2.45) is 11.3 Å². The lowest BCUT2D eigenvalue weighted by atomic mass is 9.71. The monoisotopic (exact) mass is 454 g/mol. The van der Waals surface area contributed by atoms with Gasteiger partial charge in [0, 0.05) is 12.3 Å². The molecule has 178 valence electrons. The van der Waals surface area contributed by atoms with Gasteiger partial charge >= 0.3 is 0 Å². The van der Waals surface area contributed by atoms with Gasteiger partial charge in [0.15, 0.2) is 0 Å². The number of ketones is 1. The molecule has 3 atom stereocenters. The molecule has 2 aliphatic rings. The summed E-state index contributed by atoms with van der Waals surface area (Å²) >= 11 is 0. The van der Waals surface area contributed by atoms with Gasteiger partial charge in [-0.05, 0) is 84.4 Å². The fourth-order valence-corrected chi connectivity index (χ4v) is 5.73. The molecule has 0 bridgehead atoms. The molecule has 0 amide bonds. The fourth-order valence-electron chi connectivity index (χ4n) is 5.73. The minimum absolute atomic E-state index is 0.0301. The number of benzene rings is 2. The highest BCUT2D eigenvalue weighted by Crippen LogP contribution is 2.44. The van der Waals surface area contributed by atoms with Gasteiger partial charge in [-0.1, -0.05) is 81.8 Å². The van der Waals surface area contributed by atoms with Gasteiger partial charge in [0.1, 0.15) is 17.3 Å². The Hall–Kier alpha value is -2.87. The molecule has 2 heteroatoms. The van der Waals surface area contributed by atoms with Crippen LogP contribution in [0, 0.1) is 11.3 Å². The maximum absolute atomic E-state index is 12.8. The van der Waals surface area contributed by atoms with Crippen LogP contribution in [-0.2, 0) is 4.79 Å². The third kappa shape index (κ3) is 5.78. The molecule has 2 aromatic rings. The maximum Gasteiger partial charge on any atom is 0.140 e. The lowest BCUT2D eigenvalue weighted by molar-refractivity contribution is -0.118. The van der Waals surface area contributed by atoms with Crippen molar-refractivity contribution in [3.05, 3.63) is 96.1 Å². The summed E-state index contributed by atoms with van der Waals surface area (Å²) in [4.78, 5) is 12.8. The second kappa shape index (κ2) is 11.0. The Morgan fingerprint density at radius 1 is 1.06 bits per heavy atom. The molecule has 0 aromatic heterocycles. The zero-order valence-corrected chi connectivity index (χ0v) is 20.8. The van der Waals surface area contributed by atoms with Crippen LogP contribution in [0.5, 0.6) is 11.5 Å². The highest BCUT2D eigenvalue weighted by Gasteiger charge is 2.34. The first kappa shape index (κ1) is 24.3. The van der Waals surface area contributed by atoms with Gasteiger partial charge in [0.2, 0.25) is 0 Å². The molecule has 2 aliphatic carbocycles. The van der Waals surface area contributed by atoms with Gasteiger partial charge in [-0.2, -0.15) is 0 Å². The zero-order valence-electron chi connectivity index (χ0n) is 20.8. The van der Waals surface area contributed by atoms with E-state index in [2.05, 4.69) is 50.8 Å². The van der Waals surface area contributed by atoms with Gasteiger partial charge in [-0.25, -0.2) is 0 Å². The molecular weight excluding hydrogens is 416 g/mol. The molecule has 1 saturated carbocycles. The van der Waals surface area contributed by atoms with E-state index >= 15 is 0 Å². The van der Waals surface area contributed by atoms with Gasteiger partial charge in [0.25, 0.3) is 0 Å². The first-order valence-corrected chi connectivity index (χ1v) is 12.9. The van der Waals surface area contributed by atoms with Crippen LogP contribution in [0.25, 0.3) is 0 Å². The second-order valence-electron chi connectivity index (χ2n) is 10.3. The van der Waals surface area contributed by atoms with Crippen molar-refractivity contribution in [2.75, 3.05) is 0 Å². The van der Waals surface area contributed by atoms with Crippen molar-refractivity contribution in [1.82, 2.24) is 0 Å². The Bertz CT molecular complexity index is 1040. The Morgan fingerprint density at radius 2 is 1.79 bits per heavy atom. The van der Waals surface area contributed by atoms with E-state index in [1.165, 1.54) is 24.0 Å². The summed E-state index contributed by atoms with van der Waals surface area (Å²) < 4.78 is 5.90. The van der Waals surface area contributed by atoms with E-state index in [0.717, 1.165) is 49.2 Å².